The molecule has 1 aliphatic heterocycles. The Morgan fingerprint density at radius 3 is 3.05 bits per heavy atom. The van der Waals surface area contributed by atoms with E-state index in [2.05, 4.69) is 21.2 Å². The second-order valence-corrected chi connectivity index (χ2v) is 5.75. The van der Waals surface area contributed by atoms with Gasteiger partial charge in [-0.1, -0.05) is 6.07 Å². The molecule has 104 valence electrons. The van der Waals surface area contributed by atoms with Gasteiger partial charge in [-0.25, -0.2) is 4.39 Å². The molecule has 1 heterocycles. The minimum atomic E-state index is -0.301. The Balaban J connectivity index is 1.98. The molecule has 1 aromatic rings. The van der Waals surface area contributed by atoms with Crippen molar-refractivity contribution in [3.05, 3.63) is 34.1 Å². The molecule has 1 saturated heterocycles. The highest BCUT2D eigenvalue weighted by Crippen LogP contribution is 2.18. The second-order valence-electron chi connectivity index (χ2n) is 4.89. The Morgan fingerprint density at radius 1 is 1.58 bits per heavy atom. The molecule has 3 nitrogen and oxygen atoms in total. The molecule has 1 aliphatic rings. The Kier molecular flexibility index (Phi) is 4.93. The molecule has 0 aromatic heterocycles. The number of piperidine rings is 1. The summed E-state index contributed by atoms with van der Waals surface area (Å²) in [6.45, 7) is 1.58. The molecule has 1 amide bonds. The highest BCUT2D eigenvalue weighted by molar-refractivity contribution is 9.10. The molecule has 0 spiro atoms. The zero-order chi connectivity index (χ0) is 13.8. The number of rotatable bonds is 3. The molecule has 1 atom stereocenters. The fourth-order valence-electron chi connectivity index (χ4n) is 2.38. The van der Waals surface area contributed by atoms with Crippen molar-refractivity contribution < 1.29 is 9.18 Å². The van der Waals surface area contributed by atoms with Crippen molar-refractivity contribution in [1.29, 1.82) is 0 Å². The van der Waals surface area contributed by atoms with E-state index in [1.807, 2.05) is 11.9 Å². The molecule has 0 aliphatic carbocycles. The molecule has 1 N–H and O–H groups in total. The first-order valence-corrected chi connectivity index (χ1v) is 7.28. The van der Waals surface area contributed by atoms with Gasteiger partial charge in [0.25, 0.3) is 0 Å². The highest BCUT2D eigenvalue weighted by Gasteiger charge is 2.22. The van der Waals surface area contributed by atoms with E-state index in [9.17, 15) is 9.18 Å². The molecule has 19 heavy (non-hydrogen) atoms. The molecular weight excluding hydrogens is 311 g/mol. The summed E-state index contributed by atoms with van der Waals surface area (Å²) < 4.78 is 13.5. The van der Waals surface area contributed by atoms with Crippen LogP contribution >= 0.6 is 15.9 Å². The number of hydrogen-bond donors (Lipinski definition) is 1. The van der Waals surface area contributed by atoms with Crippen molar-refractivity contribution in [3.63, 3.8) is 0 Å². The predicted octanol–water partition coefficient (Wildman–Crippen LogP) is 2.34. The maximum atomic E-state index is 13.1. The van der Waals surface area contributed by atoms with Gasteiger partial charge in [-0.15, -0.1) is 0 Å². The molecule has 0 bridgehead atoms. The van der Waals surface area contributed by atoms with E-state index >= 15 is 0 Å². The van der Waals surface area contributed by atoms with E-state index in [-0.39, 0.29) is 11.7 Å². The Morgan fingerprint density at radius 2 is 2.37 bits per heavy atom. The van der Waals surface area contributed by atoms with Gasteiger partial charge in [-0.3, -0.25) is 4.79 Å². The van der Waals surface area contributed by atoms with Crippen LogP contribution in [0.25, 0.3) is 0 Å². The standard InChI is InChI=1S/C14H18BrFN2O/c1-17-11-3-2-6-18(9-11)14(19)8-10-4-5-13(16)12(15)7-10/h4-5,7,11,17H,2-3,6,8-9H2,1H3/t11-/m1/s1. The van der Waals surface area contributed by atoms with Gasteiger partial charge in [0.15, 0.2) is 0 Å². The number of benzene rings is 1. The third-order valence-corrected chi connectivity index (χ3v) is 4.13. The topological polar surface area (TPSA) is 32.3 Å². The first kappa shape index (κ1) is 14.5. The number of amides is 1. The molecule has 0 saturated carbocycles. The fraction of sp³-hybridized carbons (Fsp3) is 0.500. The lowest BCUT2D eigenvalue weighted by Gasteiger charge is -2.32. The van der Waals surface area contributed by atoms with Gasteiger partial charge in [0, 0.05) is 19.1 Å². The zero-order valence-corrected chi connectivity index (χ0v) is 12.5. The van der Waals surface area contributed by atoms with Crippen molar-refractivity contribution in [2.45, 2.75) is 25.3 Å². The molecule has 0 unspecified atom stereocenters. The van der Waals surface area contributed by atoms with Crippen LogP contribution in [0.4, 0.5) is 4.39 Å². The molecule has 1 aromatic carbocycles. The van der Waals surface area contributed by atoms with Gasteiger partial charge >= 0.3 is 0 Å². The number of nitrogens with one attached hydrogen (secondary N) is 1. The van der Waals surface area contributed by atoms with Crippen molar-refractivity contribution in [2.75, 3.05) is 20.1 Å². The van der Waals surface area contributed by atoms with Crippen LogP contribution in [0.15, 0.2) is 22.7 Å². The molecule has 1 fully saturated rings. The monoisotopic (exact) mass is 328 g/mol. The van der Waals surface area contributed by atoms with Gasteiger partial charge < -0.3 is 10.2 Å². The highest BCUT2D eigenvalue weighted by atomic mass is 79.9. The number of carbonyl (C=O) groups excluding carboxylic acids is 1. The van der Waals surface area contributed by atoms with Gasteiger partial charge in [-0.2, -0.15) is 0 Å². The van der Waals surface area contributed by atoms with E-state index < -0.39 is 0 Å². The Bertz CT molecular complexity index is 467. The van der Waals surface area contributed by atoms with Gasteiger partial charge in [-0.05, 0) is 53.5 Å². The van der Waals surface area contributed by atoms with E-state index in [0.717, 1.165) is 31.5 Å². The maximum Gasteiger partial charge on any atom is 0.227 e. The smallest absolute Gasteiger partial charge is 0.227 e. The molecule has 5 heteroatoms. The maximum absolute atomic E-state index is 13.1. The van der Waals surface area contributed by atoms with Gasteiger partial charge in [0.2, 0.25) is 5.91 Å². The number of hydrogen-bond acceptors (Lipinski definition) is 2. The van der Waals surface area contributed by atoms with Crippen LogP contribution in [0.3, 0.4) is 0 Å². The van der Waals surface area contributed by atoms with Crippen LogP contribution in [-0.4, -0.2) is 37.0 Å². The summed E-state index contributed by atoms with van der Waals surface area (Å²) in [5.41, 5.74) is 0.838. The van der Waals surface area contributed by atoms with Crippen LogP contribution < -0.4 is 5.32 Å². The molecule has 0 radical (unpaired) electrons. The number of halogens is 2. The minimum absolute atomic E-state index is 0.110. The predicted molar refractivity (Wildman–Crippen MR) is 76.5 cm³/mol. The quantitative estimate of drug-likeness (QED) is 0.923. The van der Waals surface area contributed by atoms with E-state index in [4.69, 9.17) is 0 Å². The third-order valence-electron chi connectivity index (χ3n) is 3.52. The van der Waals surface area contributed by atoms with Crippen LogP contribution in [0.5, 0.6) is 0 Å². The number of likely N-dealkylation sites (N-methyl/N-ethyl adjacent to an activating group) is 1. The van der Waals surface area contributed by atoms with Gasteiger partial charge in [0.1, 0.15) is 5.82 Å². The first-order valence-electron chi connectivity index (χ1n) is 6.49. The zero-order valence-electron chi connectivity index (χ0n) is 11.0. The van der Waals surface area contributed by atoms with Crippen molar-refractivity contribution in [1.82, 2.24) is 10.2 Å². The summed E-state index contributed by atoms with van der Waals surface area (Å²) in [6.07, 6.45) is 2.47. The second kappa shape index (κ2) is 6.48. The number of carbonyl (C=O) groups is 1. The summed E-state index contributed by atoms with van der Waals surface area (Å²) >= 11 is 3.14. The lowest BCUT2D eigenvalue weighted by Crippen LogP contribution is -2.47. The average molecular weight is 329 g/mol. The Hall–Kier alpha value is -0.940. The lowest BCUT2D eigenvalue weighted by atomic mass is 10.0. The van der Waals surface area contributed by atoms with Crippen molar-refractivity contribution in [2.24, 2.45) is 0 Å². The summed E-state index contributed by atoms with van der Waals surface area (Å²) in [7, 11) is 1.93. The van der Waals surface area contributed by atoms with Crippen LogP contribution in [-0.2, 0) is 11.2 Å². The minimum Gasteiger partial charge on any atom is -0.341 e. The van der Waals surface area contributed by atoms with Gasteiger partial charge in [0.05, 0.1) is 10.9 Å². The van der Waals surface area contributed by atoms with Crippen LogP contribution in [0, 0.1) is 5.82 Å². The third kappa shape index (κ3) is 3.76. The molecular formula is C14H18BrFN2O. The number of nitrogens with zero attached hydrogens (tertiary/aromatic N) is 1. The number of likely N-dealkylation sites (tertiary alicyclic amines) is 1. The van der Waals surface area contributed by atoms with E-state index in [1.54, 1.807) is 12.1 Å². The fourth-order valence-corrected chi connectivity index (χ4v) is 2.80. The summed E-state index contributed by atoms with van der Waals surface area (Å²) in [5, 5.41) is 3.22. The van der Waals surface area contributed by atoms with Crippen LogP contribution in [0.1, 0.15) is 18.4 Å². The SMILES string of the molecule is CN[C@@H]1CCCN(C(=O)Cc2ccc(F)c(Br)c2)C1. The summed E-state index contributed by atoms with van der Waals surface area (Å²) in [4.78, 5) is 14.1. The average Bonchev–Trinajstić information content (AvgIpc) is 2.43. The van der Waals surface area contributed by atoms with E-state index in [0.29, 0.717) is 16.9 Å². The van der Waals surface area contributed by atoms with E-state index in [1.165, 1.54) is 6.07 Å². The van der Waals surface area contributed by atoms with Crippen molar-refractivity contribution >= 4 is 21.8 Å². The largest absolute Gasteiger partial charge is 0.341 e. The molecule has 2 rings (SSSR count). The first-order chi connectivity index (χ1) is 9.10. The van der Waals surface area contributed by atoms with Crippen molar-refractivity contribution in [3.8, 4) is 0 Å². The summed E-state index contributed by atoms with van der Waals surface area (Å²) in [5.74, 6) is -0.192. The Labute approximate surface area is 121 Å². The lowest BCUT2D eigenvalue weighted by molar-refractivity contribution is -0.131. The van der Waals surface area contributed by atoms with Crippen LogP contribution in [0.2, 0.25) is 0 Å². The normalized spacial score (nSPS) is 19.5. The summed E-state index contributed by atoms with van der Waals surface area (Å²) in [6, 6.07) is 5.11.